The number of halogens is 3. The molecule has 0 spiro atoms. The van der Waals surface area contributed by atoms with Crippen LogP contribution in [-0.2, 0) is 6.54 Å². The second-order valence-electron chi connectivity index (χ2n) is 4.28. The van der Waals surface area contributed by atoms with Gasteiger partial charge in [-0.1, -0.05) is 58.2 Å². The zero-order chi connectivity index (χ0) is 15.4. The fourth-order valence-corrected chi connectivity index (χ4v) is 2.75. The van der Waals surface area contributed by atoms with E-state index in [1.807, 2.05) is 12.1 Å². The number of nitrogens with two attached hydrogens (primary N) is 1. The van der Waals surface area contributed by atoms with E-state index in [2.05, 4.69) is 10.5 Å². The van der Waals surface area contributed by atoms with Crippen molar-refractivity contribution in [3.63, 3.8) is 0 Å². The summed E-state index contributed by atoms with van der Waals surface area (Å²) in [6.07, 6.45) is 0. The summed E-state index contributed by atoms with van der Waals surface area (Å²) < 4.78 is 0. The molecule has 0 amide bonds. The summed E-state index contributed by atoms with van der Waals surface area (Å²) in [7, 11) is 0. The third-order valence-electron chi connectivity index (χ3n) is 2.81. The number of benzene rings is 2. The quantitative estimate of drug-likeness (QED) is 0.334. The van der Waals surface area contributed by atoms with Crippen molar-refractivity contribution in [3.05, 3.63) is 62.6 Å². The largest absolute Gasteiger partial charge is 0.409 e. The molecule has 0 saturated heterocycles. The van der Waals surface area contributed by atoms with Crippen LogP contribution in [0.2, 0.25) is 15.1 Å². The van der Waals surface area contributed by atoms with Crippen LogP contribution in [0.5, 0.6) is 0 Å². The molecule has 0 bridgehead atoms. The summed E-state index contributed by atoms with van der Waals surface area (Å²) in [4.78, 5) is 0. The minimum absolute atomic E-state index is 0.0550. The number of rotatable bonds is 4. The minimum atomic E-state index is 0.0550. The van der Waals surface area contributed by atoms with Gasteiger partial charge in [0.25, 0.3) is 0 Å². The molecule has 0 saturated carbocycles. The number of hydrogen-bond acceptors (Lipinski definition) is 3. The SMILES string of the molecule is NC(=NO)c1cccc(CNc2c(Cl)cc(Cl)cc2Cl)c1. The molecule has 2 aromatic rings. The van der Waals surface area contributed by atoms with Crippen LogP contribution in [0.4, 0.5) is 5.69 Å². The summed E-state index contributed by atoms with van der Waals surface area (Å²) in [6.45, 7) is 0.480. The highest BCUT2D eigenvalue weighted by Crippen LogP contribution is 2.33. The van der Waals surface area contributed by atoms with Gasteiger partial charge < -0.3 is 16.3 Å². The van der Waals surface area contributed by atoms with Crippen molar-refractivity contribution < 1.29 is 5.21 Å². The van der Waals surface area contributed by atoms with Crippen molar-refractivity contribution in [2.24, 2.45) is 10.9 Å². The second kappa shape index (κ2) is 6.89. The molecule has 110 valence electrons. The fourth-order valence-electron chi connectivity index (χ4n) is 1.80. The Labute approximate surface area is 137 Å². The van der Waals surface area contributed by atoms with Crippen LogP contribution in [-0.4, -0.2) is 11.0 Å². The van der Waals surface area contributed by atoms with Gasteiger partial charge in [0.15, 0.2) is 5.84 Å². The average molecular weight is 345 g/mol. The summed E-state index contributed by atoms with van der Waals surface area (Å²) in [5.41, 5.74) is 7.73. The minimum Gasteiger partial charge on any atom is -0.409 e. The van der Waals surface area contributed by atoms with Gasteiger partial charge in [-0.3, -0.25) is 0 Å². The molecule has 0 unspecified atom stereocenters. The molecule has 0 aliphatic carbocycles. The maximum absolute atomic E-state index is 8.69. The molecule has 2 aromatic carbocycles. The van der Waals surface area contributed by atoms with Crippen molar-refractivity contribution in [2.75, 3.05) is 5.32 Å². The molecule has 0 radical (unpaired) electrons. The maximum atomic E-state index is 8.69. The number of nitrogens with zero attached hydrogens (tertiary/aromatic N) is 1. The zero-order valence-electron chi connectivity index (χ0n) is 10.8. The van der Waals surface area contributed by atoms with E-state index in [-0.39, 0.29) is 5.84 Å². The molecule has 4 N–H and O–H groups in total. The number of anilines is 1. The van der Waals surface area contributed by atoms with Gasteiger partial charge >= 0.3 is 0 Å². The van der Waals surface area contributed by atoms with Crippen LogP contribution in [0, 0.1) is 0 Å². The zero-order valence-corrected chi connectivity index (χ0v) is 13.0. The van der Waals surface area contributed by atoms with Gasteiger partial charge in [0.05, 0.1) is 15.7 Å². The normalized spacial score (nSPS) is 11.5. The lowest BCUT2D eigenvalue weighted by Crippen LogP contribution is -2.13. The van der Waals surface area contributed by atoms with Crippen molar-refractivity contribution in [1.29, 1.82) is 0 Å². The third kappa shape index (κ3) is 3.94. The second-order valence-corrected chi connectivity index (χ2v) is 5.53. The summed E-state index contributed by atoms with van der Waals surface area (Å²) >= 11 is 18.1. The molecule has 0 aliphatic rings. The number of hydrogen-bond donors (Lipinski definition) is 3. The van der Waals surface area contributed by atoms with E-state index in [4.69, 9.17) is 45.7 Å². The van der Waals surface area contributed by atoms with Gasteiger partial charge in [0, 0.05) is 17.1 Å². The van der Waals surface area contributed by atoms with Crippen LogP contribution in [0.3, 0.4) is 0 Å². The molecule has 0 aliphatic heterocycles. The van der Waals surface area contributed by atoms with Crippen molar-refractivity contribution in [1.82, 2.24) is 0 Å². The summed E-state index contributed by atoms with van der Waals surface area (Å²) in [5, 5.41) is 16.2. The standard InChI is InChI=1S/C14H12Cl3N3O/c15-10-5-11(16)13(12(17)6-10)19-7-8-2-1-3-9(4-8)14(18)20-21/h1-6,19,21H,7H2,(H2,18,20). The van der Waals surface area contributed by atoms with Gasteiger partial charge in [-0.2, -0.15) is 0 Å². The predicted octanol–water partition coefficient (Wildman–Crippen LogP) is 4.35. The lowest BCUT2D eigenvalue weighted by atomic mass is 10.1. The third-order valence-corrected chi connectivity index (χ3v) is 3.62. The Morgan fingerprint density at radius 3 is 2.43 bits per heavy atom. The Morgan fingerprint density at radius 2 is 1.81 bits per heavy atom. The number of oxime groups is 1. The van der Waals surface area contributed by atoms with E-state index >= 15 is 0 Å². The molecule has 0 heterocycles. The molecule has 7 heteroatoms. The van der Waals surface area contributed by atoms with Crippen LogP contribution in [0.1, 0.15) is 11.1 Å². The Kier molecular flexibility index (Phi) is 5.17. The molecule has 4 nitrogen and oxygen atoms in total. The summed E-state index contributed by atoms with van der Waals surface area (Å²) in [5.74, 6) is 0.0550. The monoisotopic (exact) mass is 343 g/mol. The number of amidine groups is 1. The van der Waals surface area contributed by atoms with Gasteiger partial charge in [-0.15, -0.1) is 0 Å². The topological polar surface area (TPSA) is 70.6 Å². The lowest BCUT2D eigenvalue weighted by Gasteiger charge is -2.11. The molecule has 0 atom stereocenters. The van der Waals surface area contributed by atoms with Gasteiger partial charge in [-0.05, 0) is 23.8 Å². The molecular formula is C14H12Cl3N3O. The van der Waals surface area contributed by atoms with E-state index in [9.17, 15) is 0 Å². The Hall–Kier alpha value is -1.62. The first-order chi connectivity index (χ1) is 10.0. The van der Waals surface area contributed by atoms with E-state index in [0.29, 0.717) is 32.9 Å². The highest BCUT2D eigenvalue weighted by molar-refractivity contribution is 6.41. The van der Waals surface area contributed by atoms with Gasteiger partial charge in [-0.25, -0.2) is 0 Å². The lowest BCUT2D eigenvalue weighted by molar-refractivity contribution is 0.318. The molecule has 0 fully saturated rings. The average Bonchev–Trinajstić information content (AvgIpc) is 2.45. The van der Waals surface area contributed by atoms with E-state index < -0.39 is 0 Å². The first-order valence-corrected chi connectivity index (χ1v) is 7.10. The molecule has 2 rings (SSSR count). The van der Waals surface area contributed by atoms with Crippen molar-refractivity contribution in [3.8, 4) is 0 Å². The Morgan fingerprint density at radius 1 is 1.14 bits per heavy atom. The molecular weight excluding hydrogens is 333 g/mol. The highest BCUT2D eigenvalue weighted by Gasteiger charge is 2.08. The predicted molar refractivity (Wildman–Crippen MR) is 87.8 cm³/mol. The van der Waals surface area contributed by atoms with Gasteiger partial charge in [0.1, 0.15) is 0 Å². The Bertz CT molecular complexity index is 666. The van der Waals surface area contributed by atoms with Crippen LogP contribution < -0.4 is 11.1 Å². The van der Waals surface area contributed by atoms with Crippen LogP contribution >= 0.6 is 34.8 Å². The van der Waals surface area contributed by atoms with Crippen LogP contribution in [0.15, 0.2) is 41.6 Å². The summed E-state index contributed by atoms with van der Waals surface area (Å²) in [6, 6.07) is 10.5. The van der Waals surface area contributed by atoms with E-state index in [1.54, 1.807) is 24.3 Å². The first kappa shape index (κ1) is 15.8. The van der Waals surface area contributed by atoms with Crippen LogP contribution in [0.25, 0.3) is 0 Å². The van der Waals surface area contributed by atoms with Crippen molar-refractivity contribution >= 4 is 46.3 Å². The highest BCUT2D eigenvalue weighted by atomic mass is 35.5. The molecule has 0 aromatic heterocycles. The number of nitrogens with one attached hydrogen (secondary N) is 1. The smallest absolute Gasteiger partial charge is 0.170 e. The fraction of sp³-hybridized carbons (Fsp3) is 0.0714. The van der Waals surface area contributed by atoms with E-state index in [1.165, 1.54) is 0 Å². The first-order valence-electron chi connectivity index (χ1n) is 5.96. The van der Waals surface area contributed by atoms with E-state index in [0.717, 1.165) is 5.56 Å². The molecule has 21 heavy (non-hydrogen) atoms. The van der Waals surface area contributed by atoms with Crippen molar-refractivity contribution in [2.45, 2.75) is 6.54 Å². The Balaban J connectivity index is 2.17. The maximum Gasteiger partial charge on any atom is 0.170 e. The van der Waals surface area contributed by atoms with Gasteiger partial charge in [0.2, 0.25) is 0 Å².